The largest absolute Gasteiger partial charge is 0.336 e. The molecule has 0 fully saturated rings. The average molecular weight is 280 g/mol. The second-order valence-corrected chi connectivity index (χ2v) is 5.38. The summed E-state index contributed by atoms with van der Waals surface area (Å²) >= 11 is 0. The van der Waals surface area contributed by atoms with Crippen molar-refractivity contribution >= 4 is 5.84 Å². The molecule has 0 saturated heterocycles. The molecule has 0 spiro atoms. The number of allylic oxidation sites excluding steroid dienone is 4. The summed E-state index contributed by atoms with van der Waals surface area (Å²) in [6.45, 7) is 6.33. The van der Waals surface area contributed by atoms with Crippen molar-refractivity contribution in [3.05, 3.63) is 71.6 Å². The van der Waals surface area contributed by atoms with Crippen LogP contribution in [0.5, 0.6) is 0 Å². The molecule has 1 aliphatic rings. The molecule has 2 rings (SSSR count). The molecule has 0 saturated carbocycles. The van der Waals surface area contributed by atoms with Gasteiger partial charge in [0.1, 0.15) is 5.84 Å². The Morgan fingerprint density at radius 3 is 2.67 bits per heavy atom. The average Bonchev–Trinajstić information content (AvgIpc) is 2.48. The predicted octanol–water partition coefficient (Wildman–Crippen LogP) is 4.87. The van der Waals surface area contributed by atoms with Crippen molar-refractivity contribution in [2.45, 2.75) is 33.1 Å². The lowest BCUT2D eigenvalue weighted by molar-refractivity contribution is 0.678. The molecule has 110 valence electrons. The highest BCUT2D eigenvalue weighted by Gasteiger charge is 2.18. The number of amidine groups is 1. The fraction of sp³-hybridized carbons (Fsp3) is 0.316. The third kappa shape index (κ3) is 3.52. The molecule has 1 unspecified atom stereocenters. The molecule has 1 aromatic rings. The normalized spacial score (nSPS) is 21.4. The van der Waals surface area contributed by atoms with Crippen LogP contribution in [0, 0.1) is 0 Å². The first-order valence-corrected chi connectivity index (χ1v) is 7.53. The van der Waals surface area contributed by atoms with Crippen LogP contribution in [0.25, 0.3) is 0 Å². The minimum atomic E-state index is 0.492. The molecule has 21 heavy (non-hydrogen) atoms. The molecule has 2 heteroatoms. The van der Waals surface area contributed by atoms with E-state index >= 15 is 0 Å². The maximum Gasteiger partial charge on any atom is 0.140 e. The molecule has 1 aromatic carbocycles. The first-order chi connectivity index (χ1) is 10.2. The number of aliphatic imine (C=N–C) groups is 1. The topological polar surface area (TPSA) is 15.6 Å². The molecule has 1 heterocycles. The highest BCUT2D eigenvalue weighted by atomic mass is 15.1. The molecule has 0 amide bonds. The van der Waals surface area contributed by atoms with Crippen LogP contribution in [0.1, 0.15) is 44.2 Å². The molecule has 0 aliphatic carbocycles. The van der Waals surface area contributed by atoms with Gasteiger partial charge < -0.3 is 4.90 Å². The summed E-state index contributed by atoms with van der Waals surface area (Å²) in [5.41, 5.74) is 3.62. The smallest absolute Gasteiger partial charge is 0.140 e. The Bertz CT molecular complexity index is 606. The summed E-state index contributed by atoms with van der Waals surface area (Å²) in [7, 11) is 2.05. The van der Waals surface area contributed by atoms with Crippen molar-refractivity contribution in [1.29, 1.82) is 0 Å². The Kier molecular flexibility index (Phi) is 5.15. The fourth-order valence-corrected chi connectivity index (χ4v) is 2.62. The summed E-state index contributed by atoms with van der Waals surface area (Å²) in [6.07, 6.45) is 11.4. The second kappa shape index (κ2) is 7.07. The maximum atomic E-state index is 4.89. The lowest BCUT2D eigenvalue weighted by atomic mass is 9.91. The van der Waals surface area contributed by atoms with Gasteiger partial charge >= 0.3 is 0 Å². The summed E-state index contributed by atoms with van der Waals surface area (Å²) in [5, 5.41) is 0. The summed E-state index contributed by atoms with van der Waals surface area (Å²) in [5.74, 6) is 1.49. The van der Waals surface area contributed by atoms with Crippen LogP contribution in [-0.4, -0.2) is 17.8 Å². The van der Waals surface area contributed by atoms with Gasteiger partial charge in [-0.25, -0.2) is 4.99 Å². The fourth-order valence-electron chi connectivity index (χ4n) is 2.62. The number of hydrogen-bond acceptors (Lipinski definition) is 2. The Balaban J connectivity index is 2.61. The van der Waals surface area contributed by atoms with E-state index in [2.05, 4.69) is 61.5 Å². The number of fused-ring (bicyclic) bond motifs is 1. The van der Waals surface area contributed by atoms with E-state index in [4.69, 9.17) is 4.99 Å². The molecule has 1 atom stereocenters. The van der Waals surface area contributed by atoms with Gasteiger partial charge in [-0.05, 0) is 37.8 Å². The highest BCUT2D eigenvalue weighted by Crippen LogP contribution is 2.28. The van der Waals surface area contributed by atoms with E-state index < -0.39 is 0 Å². The zero-order chi connectivity index (χ0) is 15.2. The molecule has 0 N–H and O–H groups in total. The quantitative estimate of drug-likeness (QED) is 0.755. The molecule has 0 radical (unpaired) electrons. The number of rotatable bonds is 2. The van der Waals surface area contributed by atoms with Gasteiger partial charge in [-0.3, -0.25) is 0 Å². The van der Waals surface area contributed by atoms with Crippen LogP contribution < -0.4 is 0 Å². The summed E-state index contributed by atoms with van der Waals surface area (Å²) in [6, 6.07) is 8.59. The van der Waals surface area contributed by atoms with Crippen LogP contribution in [0.4, 0.5) is 0 Å². The third-order valence-electron chi connectivity index (χ3n) is 3.69. The van der Waals surface area contributed by atoms with Crippen molar-refractivity contribution < 1.29 is 0 Å². The number of nitrogens with zero attached hydrogens (tertiary/aromatic N) is 2. The van der Waals surface area contributed by atoms with Crippen molar-refractivity contribution in [3.8, 4) is 0 Å². The summed E-state index contributed by atoms with van der Waals surface area (Å²) < 4.78 is 0. The van der Waals surface area contributed by atoms with Gasteiger partial charge in [-0.1, -0.05) is 49.4 Å². The Morgan fingerprint density at radius 2 is 1.95 bits per heavy atom. The van der Waals surface area contributed by atoms with Crippen LogP contribution in [-0.2, 0) is 0 Å². The standard InChI is InChI=1S/C19H24N2/c1-5-9-16-13-12-15(3)17-10-7-8-11-18(17)19(20-16)21(4)14-6-2/h5-11,13-15H,12H2,1-4H3/b9-5+,14-6?,16-13+,20-19?. The first-order valence-electron chi connectivity index (χ1n) is 7.53. The van der Waals surface area contributed by atoms with E-state index in [-0.39, 0.29) is 0 Å². The molecular formula is C19H24N2. The van der Waals surface area contributed by atoms with Crippen molar-refractivity contribution in [3.63, 3.8) is 0 Å². The highest BCUT2D eigenvalue weighted by molar-refractivity contribution is 6.01. The zero-order valence-corrected chi connectivity index (χ0v) is 13.4. The van der Waals surface area contributed by atoms with Gasteiger partial charge in [-0.2, -0.15) is 0 Å². The van der Waals surface area contributed by atoms with Gasteiger partial charge in [0.15, 0.2) is 0 Å². The van der Waals surface area contributed by atoms with Gasteiger partial charge in [0, 0.05) is 18.8 Å². The van der Waals surface area contributed by atoms with E-state index in [9.17, 15) is 0 Å². The molecule has 2 nitrogen and oxygen atoms in total. The Labute approximate surface area is 128 Å². The van der Waals surface area contributed by atoms with Gasteiger partial charge in [-0.15, -0.1) is 0 Å². The van der Waals surface area contributed by atoms with Crippen LogP contribution >= 0.6 is 0 Å². The van der Waals surface area contributed by atoms with Crippen molar-refractivity contribution in [2.24, 2.45) is 4.99 Å². The zero-order valence-electron chi connectivity index (χ0n) is 13.4. The summed E-state index contributed by atoms with van der Waals surface area (Å²) in [4.78, 5) is 6.98. The maximum absolute atomic E-state index is 4.89. The van der Waals surface area contributed by atoms with E-state index in [1.165, 1.54) is 11.1 Å². The molecule has 1 aliphatic heterocycles. The van der Waals surface area contributed by atoms with E-state index in [0.29, 0.717) is 5.92 Å². The number of benzene rings is 1. The van der Waals surface area contributed by atoms with Crippen molar-refractivity contribution in [1.82, 2.24) is 4.90 Å². The Morgan fingerprint density at radius 1 is 1.19 bits per heavy atom. The third-order valence-corrected chi connectivity index (χ3v) is 3.69. The van der Waals surface area contributed by atoms with Crippen LogP contribution in [0.2, 0.25) is 0 Å². The first kappa shape index (κ1) is 15.3. The van der Waals surface area contributed by atoms with E-state index in [1.807, 2.05) is 26.0 Å². The van der Waals surface area contributed by atoms with Crippen LogP contribution in [0.15, 0.2) is 65.5 Å². The predicted molar refractivity (Wildman–Crippen MR) is 91.5 cm³/mol. The number of hydrogen-bond donors (Lipinski definition) is 0. The van der Waals surface area contributed by atoms with Crippen molar-refractivity contribution in [2.75, 3.05) is 7.05 Å². The van der Waals surface area contributed by atoms with E-state index in [1.54, 1.807) is 0 Å². The Hall–Kier alpha value is -2.09. The molecule has 0 aromatic heterocycles. The minimum absolute atomic E-state index is 0.492. The second-order valence-electron chi connectivity index (χ2n) is 5.38. The lowest BCUT2D eigenvalue weighted by Crippen LogP contribution is -2.24. The van der Waals surface area contributed by atoms with E-state index in [0.717, 1.165) is 18.0 Å². The minimum Gasteiger partial charge on any atom is -0.336 e. The van der Waals surface area contributed by atoms with Gasteiger partial charge in [0.25, 0.3) is 0 Å². The van der Waals surface area contributed by atoms with Gasteiger partial charge in [0.2, 0.25) is 0 Å². The SMILES string of the molecule is CC=CN(C)C1=NC(/C=C/C)=C/CC(C)c2ccccc21. The molecule has 0 bridgehead atoms. The lowest BCUT2D eigenvalue weighted by Gasteiger charge is -2.24. The molecular weight excluding hydrogens is 256 g/mol. The van der Waals surface area contributed by atoms with Crippen LogP contribution in [0.3, 0.4) is 0 Å². The monoisotopic (exact) mass is 280 g/mol. The van der Waals surface area contributed by atoms with Gasteiger partial charge in [0.05, 0.1) is 5.70 Å².